The zero-order chi connectivity index (χ0) is 11.1. The summed E-state index contributed by atoms with van der Waals surface area (Å²) in [5.74, 6) is 0.325. The van der Waals surface area contributed by atoms with Crippen LogP contribution in [0.15, 0.2) is 24.4 Å². The van der Waals surface area contributed by atoms with Crippen LogP contribution < -0.4 is 4.72 Å². The summed E-state index contributed by atoms with van der Waals surface area (Å²) in [6.45, 7) is 0.0130. The third-order valence-electron chi connectivity index (χ3n) is 1.75. The maximum absolute atomic E-state index is 11.4. The number of rotatable bonds is 6. The van der Waals surface area contributed by atoms with Gasteiger partial charge in [-0.2, -0.15) is 0 Å². The molecule has 0 atom stereocenters. The number of hydrogen-bond donors (Lipinski definition) is 2. The van der Waals surface area contributed by atoms with Crippen LogP contribution in [0.25, 0.3) is 0 Å². The number of nitrogens with one attached hydrogen (secondary N) is 1. The van der Waals surface area contributed by atoms with Crippen molar-refractivity contribution in [3.8, 4) is 0 Å². The molecule has 1 aromatic rings. The van der Waals surface area contributed by atoms with Crippen LogP contribution in [0.1, 0.15) is 12.8 Å². The summed E-state index contributed by atoms with van der Waals surface area (Å²) in [5, 5.41) is 8.53. The maximum Gasteiger partial charge on any atom is 0.233 e. The lowest BCUT2D eigenvalue weighted by Gasteiger charge is -2.05. The smallest absolute Gasteiger partial charge is 0.233 e. The molecular formula is C9H14N2O3S. The second kappa shape index (κ2) is 5.67. The summed E-state index contributed by atoms with van der Waals surface area (Å²) >= 11 is 0. The van der Waals surface area contributed by atoms with Gasteiger partial charge in [0, 0.05) is 12.8 Å². The van der Waals surface area contributed by atoms with Crippen LogP contribution in [0.5, 0.6) is 0 Å². The standard InChI is InChI=1S/C9H14N2O3S/c12-7-3-4-8-15(13,14)11-9-5-1-2-6-10-9/h1-2,5-6,12H,3-4,7-8H2,(H,10,11). The Kier molecular flexibility index (Phi) is 4.51. The minimum atomic E-state index is -3.33. The molecule has 0 aliphatic rings. The lowest BCUT2D eigenvalue weighted by Crippen LogP contribution is -2.17. The summed E-state index contributed by atoms with van der Waals surface area (Å²) in [4.78, 5) is 3.85. The van der Waals surface area contributed by atoms with E-state index in [4.69, 9.17) is 5.11 Å². The molecule has 0 amide bonds. The molecule has 0 saturated heterocycles. The predicted octanol–water partition coefficient (Wildman–Crippen LogP) is 0.596. The van der Waals surface area contributed by atoms with Gasteiger partial charge >= 0.3 is 0 Å². The molecule has 0 fully saturated rings. The molecule has 6 heteroatoms. The molecule has 0 radical (unpaired) electrons. The highest BCUT2D eigenvalue weighted by Crippen LogP contribution is 2.05. The minimum absolute atomic E-state index is 0.00410. The Morgan fingerprint density at radius 1 is 1.33 bits per heavy atom. The molecule has 0 aliphatic heterocycles. The van der Waals surface area contributed by atoms with Gasteiger partial charge in [0.1, 0.15) is 5.82 Å². The zero-order valence-corrected chi connectivity index (χ0v) is 9.07. The van der Waals surface area contributed by atoms with Crippen molar-refractivity contribution >= 4 is 15.8 Å². The zero-order valence-electron chi connectivity index (χ0n) is 8.26. The number of nitrogens with zero attached hydrogens (tertiary/aromatic N) is 1. The summed E-state index contributed by atoms with van der Waals surface area (Å²) < 4.78 is 25.2. The Morgan fingerprint density at radius 2 is 2.13 bits per heavy atom. The molecule has 0 aliphatic carbocycles. The van der Waals surface area contributed by atoms with Gasteiger partial charge in [0.2, 0.25) is 10.0 Å². The van der Waals surface area contributed by atoms with Gasteiger partial charge in [0.25, 0.3) is 0 Å². The van der Waals surface area contributed by atoms with Crippen LogP contribution in [0.3, 0.4) is 0 Å². The third kappa shape index (κ3) is 4.75. The molecule has 84 valence electrons. The van der Waals surface area contributed by atoms with Gasteiger partial charge in [-0.05, 0) is 25.0 Å². The highest BCUT2D eigenvalue weighted by molar-refractivity contribution is 7.92. The van der Waals surface area contributed by atoms with E-state index in [2.05, 4.69) is 9.71 Å². The Bertz CT molecular complexity index is 378. The van der Waals surface area contributed by atoms with E-state index in [9.17, 15) is 8.42 Å². The van der Waals surface area contributed by atoms with E-state index in [0.29, 0.717) is 18.7 Å². The predicted molar refractivity (Wildman–Crippen MR) is 58.0 cm³/mol. The van der Waals surface area contributed by atoms with E-state index >= 15 is 0 Å². The molecule has 0 spiro atoms. The third-order valence-corrected chi connectivity index (χ3v) is 3.09. The normalized spacial score (nSPS) is 11.3. The highest BCUT2D eigenvalue weighted by Gasteiger charge is 2.09. The molecule has 2 N–H and O–H groups in total. The van der Waals surface area contributed by atoms with Gasteiger partial charge in [-0.1, -0.05) is 6.07 Å². The quantitative estimate of drug-likeness (QED) is 0.701. The second-order valence-corrected chi connectivity index (χ2v) is 4.91. The first-order valence-electron chi connectivity index (χ1n) is 4.66. The van der Waals surface area contributed by atoms with Gasteiger partial charge in [-0.25, -0.2) is 13.4 Å². The number of aromatic nitrogens is 1. The number of sulfonamides is 1. The summed E-state index contributed by atoms with van der Waals surface area (Å²) in [6, 6.07) is 5.01. The fraction of sp³-hybridized carbons (Fsp3) is 0.444. The van der Waals surface area contributed by atoms with Crippen molar-refractivity contribution in [1.29, 1.82) is 0 Å². The molecule has 15 heavy (non-hydrogen) atoms. The lowest BCUT2D eigenvalue weighted by atomic mass is 10.4. The van der Waals surface area contributed by atoms with Crippen LogP contribution in [-0.4, -0.2) is 30.9 Å². The first kappa shape index (κ1) is 11.9. The minimum Gasteiger partial charge on any atom is -0.396 e. The number of hydrogen-bond acceptors (Lipinski definition) is 4. The highest BCUT2D eigenvalue weighted by atomic mass is 32.2. The largest absolute Gasteiger partial charge is 0.396 e. The van der Waals surface area contributed by atoms with Crippen molar-refractivity contribution in [3.63, 3.8) is 0 Å². The Morgan fingerprint density at radius 3 is 2.73 bits per heavy atom. The Hall–Kier alpha value is -1.14. The van der Waals surface area contributed by atoms with Crippen molar-refractivity contribution in [3.05, 3.63) is 24.4 Å². The van der Waals surface area contributed by atoms with E-state index in [1.165, 1.54) is 6.20 Å². The van der Waals surface area contributed by atoms with Gasteiger partial charge in [-0.15, -0.1) is 0 Å². The van der Waals surface area contributed by atoms with Crippen LogP contribution >= 0.6 is 0 Å². The van der Waals surface area contributed by atoms with Gasteiger partial charge in [0.05, 0.1) is 5.75 Å². The first-order valence-corrected chi connectivity index (χ1v) is 6.32. The van der Waals surface area contributed by atoms with Crippen molar-refractivity contribution < 1.29 is 13.5 Å². The van der Waals surface area contributed by atoms with E-state index in [1.807, 2.05) is 0 Å². The fourth-order valence-electron chi connectivity index (χ4n) is 1.04. The number of unbranched alkanes of at least 4 members (excludes halogenated alkanes) is 1. The van der Waals surface area contributed by atoms with Crippen molar-refractivity contribution in [2.24, 2.45) is 0 Å². The number of pyridine rings is 1. The van der Waals surface area contributed by atoms with Gasteiger partial charge in [0.15, 0.2) is 0 Å². The number of aliphatic hydroxyl groups is 1. The van der Waals surface area contributed by atoms with Gasteiger partial charge in [-0.3, -0.25) is 4.72 Å². The molecule has 1 rings (SSSR count). The van der Waals surface area contributed by atoms with Crippen LogP contribution in [0.4, 0.5) is 5.82 Å². The number of aliphatic hydroxyl groups excluding tert-OH is 1. The number of anilines is 1. The average molecular weight is 230 g/mol. The molecular weight excluding hydrogens is 216 g/mol. The topological polar surface area (TPSA) is 79.3 Å². The average Bonchev–Trinajstić information content (AvgIpc) is 2.18. The lowest BCUT2D eigenvalue weighted by molar-refractivity contribution is 0.287. The summed E-state index contributed by atoms with van der Waals surface area (Å²) in [6.07, 6.45) is 2.45. The molecule has 5 nitrogen and oxygen atoms in total. The second-order valence-electron chi connectivity index (χ2n) is 3.07. The summed E-state index contributed by atoms with van der Waals surface area (Å²) in [7, 11) is -3.33. The molecule has 1 aromatic heterocycles. The Balaban J connectivity index is 2.50. The molecule has 0 bridgehead atoms. The monoisotopic (exact) mass is 230 g/mol. The molecule has 0 aromatic carbocycles. The molecule has 0 saturated carbocycles. The van der Waals surface area contributed by atoms with E-state index in [1.54, 1.807) is 18.2 Å². The SMILES string of the molecule is O=S(=O)(CCCCO)Nc1ccccn1. The van der Waals surface area contributed by atoms with Crippen molar-refractivity contribution in [2.45, 2.75) is 12.8 Å². The van der Waals surface area contributed by atoms with Gasteiger partial charge < -0.3 is 5.11 Å². The van der Waals surface area contributed by atoms with E-state index < -0.39 is 10.0 Å². The fourth-order valence-corrected chi connectivity index (χ4v) is 2.16. The van der Waals surface area contributed by atoms with Crippen LogP contribution in [0.2, 0.25) is 0 Å². The molecule has 0 unspecified atom stereocenters. The van der Waals surface area contributed by atoms with Crippen LogP contribution in [0, 0.1) is 0 Å². The first-order chi connectivity index (χ1) is 7.14. The van der Waals surface area contributed by atoms with E-state index in [-0.39, 0.29) is 12.4 Å². The molecule has 1 heterocycles. The van der Waals surface area contributed by atoms with Crippen LogP contribution in [-0.2, 0) is 10.0 Å². The Labute approximate surface area is 89.2 Å². The van der Waals surface area contributed by atoms with E-state index in [0.717, 1.165) is 0 Å². The summed E-state index contributed by atoms with van der Waals surface area (Å²) in [5.41, 5.74) is 0. The maximum atomic E-state index is 11.4. The van der Waals surface area contributed by atoms with Crippen molar-refractivity contribution in [1.82, 2.24) is 4.98 Å². The van der Waals surface area contributed by atoms with Crippen molar-refractivity contribution in [2.75, 3.05) is 17.1 Å².